The molecule has 0 fully saturated rings. The normalized spacial score (nSPS) is 15.0. The Morgan fingerprint density at radius 2 is 2.38 bits per heavy atom. The van der Waals surface area contributed by atoms with Crippen LogP contribution in [0.4, 0.5) is 10.1 Å². The number of pyridine rings is 1. The summed E-state index contributed by atoms with van der Waals surface area (Å²) in [5.74, 6) is -0.149. The van der Waals surface area contributed by atoms with Crippen molar-refractivity contribution in [3.63, 3.8) is 0 Å². The van der Waals surface area contributed by atoms with Crippen LogP contribution in [0.2, 0.25) is 0 Å². The van der Waals surface area contributed by atoms with E-state index < -0.39 is 15.7 Å². The second-order valence-electron chi connectivity index (χ2n) is 2.68. The molecule has 0 spiro atoms. The van der Waals surface area contributed by atoms with Gasteiger partial charge < -0.3 is 0 Å². The lowest BCUT2D eigenvalue weighted by atomic mass is 10.4. The molecule has 0 aliphatic carbocycles. The van der Waals surface area contributed by atoms with Crippen LogP contribution in [0.3, 0.4) is 0 Å². The summed E-state index contributed by atoms with van der Waals surface area (Å²) in [4.78, 5) is 3.38. The highest BCUT2D eigenvalue weighted by molar-refractivity contribution is 7.93. The highest BCUT2D eigenvalue weighted by Crippen LogP contribution is 2.13. The fourth-order valence-corrected chi connectivity index (χ4v) is 1.43. The molecule has 0 saturated carbocycles. The summed E-state index contributed by atoms with van der Waals surface area (Å²) in [6.45, 7) is 1.78. The zero-order valence-corrected chi connectivity index (χ0v) is 8.34. The molecule has 1 aromatic heterocycles. The van der Waals surface area contributed by atoms with Crippen molar-refractivity contribution >= 4 is 15.4 Å². The van der Waals surface area contributed by atoms with Gasteiger partial charge in [0.15, 0.2) is 0 Å². The predicted molar refractivity (Wildman–Crippen MR) is 50.9 cm³/mol. The van der Waals surface area contributed by atoms with Crippen LogP contribution >= 0.6 is 0 Å². The van der Waals surface area contributed by atoms with E-state index in [0.717, 1.165) is 0 Å². The van der Waals surface area contributed by atoms with Gasteiger partial charge in [-0.1, -0.05) is 6.92 Å². The van der Waals surface area contributed by atoms with E-state index in [0.29, 0.717) is 11.4 Å². The van der Waals surface area contributed by atoms with E-state index >= 15 is 0 Å². The lowest BCUT2D eigenvalue weighted by molar-refractivity contribution is 0.584. The largest absolute Gasteiger partial charge is 0.250 e. The van der Waals surface area contributed by atoms with E-state index in [1.165, 1.54) is 18.3 Å². The van der Waals surface area contributed by atoms with E-state index in [9.17, 15) is 8.60 Å². The van der Waals surface area contributed by atoms with Gasteiger partial charge in [-0.3, -0.25) is 0 Å². The second-order valence-corrected chi connectivity index (χ2v) is 5.35. The Morgan fingerprint density at radius 3 is 2.92 bits per heavy atom. The summed E-state index contributed by atoms with van der Waals surface area (Å²) < 4.78 is 28.0. The van der Waals surface area contributed by atoms with Crippen LogP contribution in [0.1, 0.15) is 6.92 Å². The molecule has 72 valence electrons. The molecule has 0 unspecified atom stereocenters. The smallest absolute Gasteiger partial charge is 0.214 e. The molecule has 3 nitrogen and oxygen atoms in total. The summed E-state index contributed by atoms with van der Waals surface area (Å²) in [6, 6.07) is 2.70. The third-order valence-corrected chi connectivity index (χ3v) is 3.21. The van der Waals surface area contributed by atoms with Gasteiger partial charge in [0.25, 0.3) is 0 Å². The lowest BCUT2D eigenvalue weighted by Crippen LogP contribution is -1.97. The topological polar surface area (TPSA) is 42.3 Å². The van der Waals surface area contributed by atoms with Gasteiger partial charge in [0.2, 0.25) is 5.95 Å². The highest BCUT2D eigenvalue weighted by Gasteiger charge is 1.99. The molecule has 5 heteroatoms. The Hall–Kier alpha value is -0.970. The molecule has 0 aromatic carbocycles. The molecule has 13 heavy (non-hydrogen) atoms. The number of hydrogen-bond donors (Lipinski definition) is 0. The van der Waals surface area contributed by atoms with Crippen molar-refractivity contribution in [3.8, 4) is 0 Å². The van der Waals surface area contributed by atoms with Gasteiger partial charge in [0.05, 0.1) is 5.69 Å². The van der Waals surface area contributed by atoms with E-state index in [-0.39, 0.29) is 0 Å². The van der Waals surface area contributed by atoms with E-state index in [1.54, 1.807) is 13.2 Å². The highest BCUT2D eigenvalue weighted by atomic mass is 32.2. The zero-order chi connectivity index (χ0) is 9.90. The van der Waals surface area contributed by atoms with Crippen LogP contribution in [0.5, 0.6) is 0 Å². The fourth-order valence-electron chi connectivity index (χ4n) is 0.737. The molecule has 0 radical (unpaired) electrons. The molecule has 1 heterocycles. The Bertz CT molecular complexity index is 410. The van der Waals surface area contributed by atoms with Crippen molar-refractivity contribution < 1.29 is 8.60 Å². The summed E-state index contributed by atoms with van der Waals surface area (Å²) in [7, 11) is -2.21. The number of nitrogens with zero attached hydrogens (tertiary/aromatic N) is 2. The van der Waals surface area contributed by atoms with Crippen LogP contribution in [-0.4, -0.2) is 21.2 Å². The van der Waals surface area contributed by atoms with Crippen LogP contribution < -0.4 is 0 Å². The summed E-state index contributed by atoms with van der Waals surface area (Å²) in [5, 5.41) is 0. The van der Waals surface area contributed by atoms with Crippen LogP contribution in [0.15, 0.2) is 22.7 Å². The average molecular weight is 202 g/mol. The van der Waals surface area contributed by atoms with E-state index in [4.69, 9.17) is 0 Å². The predicted octanol–water partition coefficient (Wildman–Crippen LogP) is 1.97. The maximum absolute atomic E-state index is 12.6. The Kier molecular flexibility index (Phi) is 2.98. The van der Waals surface area contributed by atoms with Gasteiger partial charge in [0, 0.05) is 34.0 Å². The second kappa shape index (κ2) is 3.83. The quantitative estimate of drug-likeness (QED) is 0.688. The number of aromatic nitrogens is 1. The summed E-state index contributed by atoms with van der Waals surface area (Å²) in [6.07, 6.45) is 2.85. The van der Waals surface area contributed by atoms with E-state index in [1.807, 2.05) is 0 Å². The Labute approximate surface area is 77.2 Å². The molecule has 1 rings (SSSR count). The van der Waals surface area contributed by atoms with Gasteiger partial charge in [-0.15, -0.1) is 0 Å². The van der Waals surface area contributed by atoms with Gasteiger partial charge in [-0.2, -0.15) is 8.75 Å². The molecule has 1 atom stereocenters. The molecular weight excluding hydrogens is 191 g/mol. The molecule has 0 aliphatic heterocycles. The lowest BCUT2D eigenvalue weighted by Gasteiger charge is -1.98. The molecule has 0 bridgehead atoms. The molecule has 0 aliphatic rings. The minimum Gasteiger partial charge on any atom is -0.250 e. The first kappa shape index (κ1) is 10.1. The van der Waals surface area contributed by atoms with Crippen molar-refractivity contribution in [2.24, 2.45) is 4.36 Å². The standard InChI is InChI=1S/C8H11FN2OS/c1-3-13(2,12)11-7-4-5-10-8(9)6-7/h4-6H,3H2,1-2H3/t13-/m0/s1. The van der Waals surface area contributed by atoms with Crippen LogP contribution in [0, 0.1) is 5.95 Å². The number of hydrogen-bond acceptors (Lipinski definition) is 3. The van der Waals surface area contributed by atoms with Gasteiger partial charge in [-0.25, -0.2) is 9.19 Å². The van der Waals surface area contributed by atoms with Crippen molar-refractivity contribution in [2.45, 2.75) is 6.92 Å². The van der Waals surface area contributed by atoms with E-state index in [2.05, 4.69) is 9.35 Å². The SMILES string of the molecule is CC[S@](C)(=O)=Nc1ccnc(F)c1. The van der Waals surface area contributed by atoms with Crippen molar-refractivity contribution in [1.82, 2.24) is 4.98 Å². The van der Waals surface area contributed by atoms with Gasteiger partial charge >= 0.3 is 0 Å². The molecule has 0 N–H and O–H groups in total. The number of halogens is 1. The first-order valence-corrected chi connectivity index (χ1v) is 5.94. The Balaban J connectivity index is 3.12. The van der Waals surface area contributed by atoms with Crippen LogP contribution in [-0.2, 0) is 9.73 Å². The van der Waals surface area contributed by atoms with Gasteiger partial charge in [0.1, 0.15) is 0 Å². The first-order chi connectivity index (χ1) is 6.03. The maximum atomic E-state index is 12.6. The molecule has 0 amide bonds. The van der Waals surface area contributed by atoms with Crippen molar-refractivity contribution in [2.75, 3.05) is 12.0 Å². The minimum absolute atomic E-state index is 0.377. The van der Waals surface area contributed by atoms with Crippen LogP contribution in [0.25, 0.3) is 0 Å². The summed E-state index contributed by atoms with van der Waals surface area (Å²) >= 11 is 0. The van der Waals surface area contributed by atoms with Crippen molar-refractivity contribution in [1.29, 1.82) is 0 Å². The third kappa shape index (κ3) is 3.10. The number of rotatable bonds is 2. The minimum atomic E-state index is -2.21. The molecular formula is C8H11FN2OS. The Morgan fingerprint density at radius 1 is 1.69 bits per heavy atom. The third-order valence-electron chi connectivity index (χ3n) is 1.54. The molecule has 1 aromatic rings. The average Bonchev–Trinajstić information content (AvgIpc) is 2.03. The van der Waals surface area contributed by atoms with Gasteiger partial charge in [-0.05, 0) is 6.07 Å². The fraction of sp³-hybridized carbons (Fsp3) is 0.375. The maximum Gasteiger partial charge on any atom is 0.214 e. The first-order valence-electron chi connectivity index (χ1n) is 3.85. The summed E-state index contributed by atoms with van der Waals surface area (Å²) in [5.41, 5.74) is 0.377. The monoisotopic (exact) mass is 202 g/mol. The van der Waals surface area contributed by atoms with Crippen molar-refractivity contribution in [3.05, 3.63) is 24.3 Å². The zero-order valence-electron chi connectivity index (χ0n) is 7.53. The molecule has 0 saturated heterocycles.